The Morgan fingerprint density at radius 3 is 2.62 bits per heavy atom. The molecule has 0 aliphatic rings. The number of hydrogen-bond acceptors (Lipinski definition) is 3. The molecule has 4 aromatic rings. The summed E-state index contributed by atoms with van der Waals surface area (Å²) in [6.45, 7) is 0.445. The summed E-state index contributed by atoms with van der Waals surface area (Å²) in [6, 6.07) is 22.9. The maximum Gasteiger partial charge on any atom is 0.269 e. The second kappa shape index (κ2) is 9.92. The third-order valence-electron chi connectivity index (χ3n) is 5.64. The topological polar surface area (TPSA) is 78.1 Å². The number of hydrogen-bond donors (Lipinski definition) is 2. The van der Waals surface area contributed by atoms with Crippen LogP contribution >= 0.6 is 0 Å². The van der Waals surface area contributed by atoms with Crippen molar-refractivity contribution in [2.45, 2.75) is 18.9 Å². The zero-order valence-electron chi connectivity index (χ0n) is 18.0. The summed E-state index contributed by atoms with van der Waals surface area (Å²) in [6.07, 6.45) is 4.79. The van der Waals surface area contributed by atoms with Crippen LogP contribution in [0, 0.1) is 0 Å². The second-order valence-corrected chi connectivity index (χ2v) is 7.80. The Morgan fingerprint density at radius 2 is 1.84 bits per heavy atom. The number of fused-ring (bicyclic) bond motifs is 1. The van der Waals surface area contributed by atoms with Gasteiger partial charge < -0.3 is 15.2 Å². The first-order chi connectivity index (χ1) is 15.6. The van der Waals surface area contributed by atoms with Crippen LogP contribution in [-0.4, -0.2) is 46.3 Å². The van der Waals surface area contributed by atoms with E-state index in [2.05, 4.69) is 27.4 Å². The van der Waals surface area contributed by atoms with Crippen molar-refractivity contribution >= 4 is 22.7 Å². The largest absolute Gasteiger partial charge is 0.361 e. The van der Waals surface area contributed by atoms with Gasteiger partial charge in [0.2, 0.25) is 0 Å². The van der Waals surface area contributed by atoms with E-state index in [1.807, 2.05) is 55.7 Å². The second-order valence-electron chi connectivity index (χ2n) is 7.80. The molecule has 2 heterocycles. The number of pyridine rings is 1. The minimum absolute atomic E-state index is 0.0431. The molecule has 0 saturated heterocycles. The molecule has 0 aliphatic heterocycles. The van der Waals surface area contributed by atoms with Crippen molar-refractivity contribution in [2.75, 3.05) is 13.6 Å². The van der Waals surface area contributed by atoms with E-state index < -0.39 is 0 Å². The van der Waals surface area contributed by atoms with Gasteiger partial charge in [0.25, 0.3) is 11.8 Å². The van der Waals surface area contributed by atoms with E-state index in [0.717, 1.165) is 16.5 Å². The van der Waals surface area contributed by atoms with Gasteiger partial charge in [-0.25, -0.2) is 0 Å². The lowest BCUT2D eigenvalue weighted by atomic mass is 10.0. The molecule has 4 rings (SSSR count). The summed E-state index contributed by atoms with van der Waals surface area (Å²) in [4.78, 5) is 34.7. The van der Waals surface area contributed by atoms with Crippen LogP contribution in [-0.2, 0) is 6.42 Å². The van der Waals surface area contributed by atoms with Gasteiger partial charge in [-0.1, -0.05) is 42.5 Å². The van der Waals surface area contributed by atoms with Gasteiger partial charge in [-0.05, 0) is 54.1 Å². The number of benzene rings is 2. The first-order valence-corrected chi connectivity index (χ1v) is 10.7. The lowest BCUT2D eigenvalue weighted by molar-refractivity contribution is 0.0723. The molecule has 1 atom stereocenters. The quantitative estimate of drug-likeness (QED) is 0.446. The minimum Gasteiger partial charge on any atom is -0.361 e. The fourth-order valence-corrected chi connectivity index (χ4v) is 3.81. The first-order valence-electron chi connectivity index (χ1n) is 10.7. The molecule has 0 unspecified atom stereocenters. The van der Waals surface area contributed by atoms with Crippen LogP contribution < -0.4 is 5.32 Å². The minimum atomic E-state index is -0.213. The molecule has 2 aromatic heterocycles. The average Bonchev–Trinajstić information content (AvgIpc) is 3.31. The van der Waals surface area contributed by atoms with Crippen molar-refractivity contribution in [2.24, 2.45) is 0 Å². The van der Waals surface area contributed by atoms with Crippen molar-refractivity contribution in [3.05, 3.63) is 102 Å². The van der Waals surface area contributed by atoms with Crippen molar-refractivity contribution in [1.82, 2.24) is 20.2 Å². The number of amides is 2. The van der Waals surface area contributed by atoms with Crippen LogP contribution in [0.25, 0.3) is 10.9 Å². The van der Waals surface area contributed by atoms with E-state index in [4.69, 9.17) is 0 Å². The van der Waals surface area contributed by atoms with Gasteiger partial charge in [0.05, 0.1) is 0 Å². The highest BCUT2D eigenvalue weighted by Crippen LogP contribution is 2.18. The highest BCUT2D eigenvalue weighted by atomic mass is 16.2. The molecule has 0 radical (unpaired) electrons. The molecule has 0 spiro atoms. The number of H-pyrrole nitrogens is 1. The number of rotatable bonds is 8. The number of nitrogens with one attached hydrogen (secondary N) is 2. The Balaban J connectivity index is 1.47. The summed E-state index contributed by atoms with van der Waals surface area (Å²) in [5, 5.41) is 4.00. The number of aromatic nitrogens is 2. The summed E-state index contributed by atoms with van der Waals surface area (Å²) < 4.78 is 0. The number of aromatic amines is 1. The van der Waals surface area contributed by atoms with E-state index >= 15 is 0 Å². The highest BCUT2D eigenvalue weighted by Gasteiger charge is 2.22. The Morgan fingerprint density at radius 1 is 1.03 bits per heavy atom. The van der Waals surface area contributed by atoms with Gasteiger partial charge in [-0.3, -0.25) is 14.6 Å². The Kier molecular flexibility index (Phi) is 6.60. The lowest BCUT2D eigenvalue weighted by Crippen LogP contribution is -2.41. The normalized spacial score (nSPS) is 11.8. The SMILES string of the molecule is CN(C(=O)c1ccc2cc[nH]c2c1)[C@H](CCNC(=O)c1ccccn1)Cc1ccccc1. The molecular formula is C26H26N4O2. The molecular weight excluding hydrogens is 400 g/mol. The summed E-state index contributed by atoms with van der Waals surface area (Å²) in [7, 11) is 1.83. The van der Waals surface area contributed by atoms with Gasteiger partial charge in [0.1, 0.15) is 5.69 Å². The predicted octanol–water partition coefficient (Wildman–Crippen LogP) is 4.07. The molecule has 0 fully saturated rings. The summed E-state index contributed by atoms with van der Waals surface area (Å²) in [5.41, 5.74) is 3.10. The van der Waals surface area contributed by atoms with Gasteiger partial charge in [0, 0.05) is 43.1 Å². The van der Waals surface area contributed by atoms with Crippen LogP contribution in [0.1, 0.15) is 32.8 Å². The number of likely N-dealkylation sites (N-methyl/N-ethyl adjacent to an activating group) is 1. The maximum absolute atomic E-state index is 13.3. The zero-order valence-corrected chi connectivity index (χ0v) is 18.0. The molecule has 6 heteroatoms. The molecule has 0 saturated carbocycles. The molecule has 0 bridgehead atoms. The van der Waals surface area contributed by atoms with Crippen molar-refractivity contribution in [3.63, 3.8) is 0 Å². The fourth-order valence-electron chi connectivity index (χ4n) is 3.81. The smallest absolute Gasteiger partial charge is 0.269 e. The van der Waals surface area contributed by atoms with Gasteiger partial charge in [-0.15, -0.1) is 0 Å². The molecule has 2 amide bonds. The monoisotopic (exact) mass is 426 g/mol. The maximum atomic E-state index is 13.3. The van der Waals surface area contributed by atoms with Crippen molar-refractivity contribution in [3.8, 4) is 0 Å². The van der Waals surface area contributed by atoms with Crippen molar-refractivity contribution < 1.29 is 9.59 Å². The molecule has 0 aliphatic carbocycles. The van der Waals surface area contributed by atoms with E-state index in [1.54, 1.807) is 29.3 Å². The van der Waals surface area contributed by atoms with E-state index in [-0.39, 0.29) is 17.9 Å². The first kappa shape index (κ1) is 21.3. The number of carbonyl (C=O) groups is 2. The van der Waals surface area contributed by atoms with Crippen molar-refractivity contribution in [1.29, 1.82) is 0 Å². The van der Waals surface area contributed by atoms with E-state index in [0.29, 0.717) is 30.6 Å². The Labute approximate surface area is 187 Å². The molecule has 2 N–H and O–H groups in total. The molecule has 32 heavy (non-hydrogen) atoms. The number of nitrogens with zero attached hydrogens (tertiary/aromatic N) is 2. The van der Waals surface area contributed by atoms with E-state index in [9.17, 15) is 9.59 Å². The lowest BCUT2D eigenvalue weighted by Gasteiger charge is -2.29. The average molecular weight is 427 g/mol. The summed E-state index contributed by atoms with van der Waals surface area (Å²) in [5.74, 6) is -0.256. The summed E-state index contributed by atoms with van der Waals surface area (Å²) >= 11 is 0. The van der Waals surface area contributed by atoms with Crippen LogP contribution in [0.15, 0.2) is 85.2 Å². The number of carbonyl (C=O) groups excluding carboxylic acids is 2. The third kappa shape index (κ3) is 5.03. The van der Waals surface area contributed by atoms with Crippen LogP contribution in [0.2, 0.25) is 0 Å². The molecule has 6 nitrogen and oxygen atoms in total. The highest BCUT2D eigenvalue weighted by molar-refractivity contribution is 5.98. The predicted molar refractivity (Wildman–Crippen MR) is 126 cm³/mol. The van der Waals surface area contributed by atoms with Crippen LogP contribution in [0.3, 0.4) is 0 Å². The fraction of sp³-hybridized carbons (Fsp3) is 0.192. The standard InChI is InChI=1S/C26H26N4O2/c1-30(26(32)21-11-10-20-12-15-28-24(20)18-21)22(17-19-7-3-2-4-8-19)13-16-29-25(31)23-9-5-6-14-27-23/h2-12,14-15,18,22,28H,13,16-17H2,1H3,(H,29,31)/t22-/m1/s1. The third-order valence-corrected chi connectivity index (χ3v) is 5.64. The zero-order chi connectivity index (χ0) is 22.3. The van der Waals surface area contributed by atoms with Crippen LogP contribution in [0.4, 0.5) is 0 Å². The van der Waals surface area contributed by atoms with Crippen LogP contribution in [0.5, 0.6) is 0 Å². The van der Waals surface area contributed by atoms with Gasteiger partial charge >= 0.3 is 0 Å². The Bertz CT molecular complexity index is 1190. The molecule has 2 aromatic carbocycles. The van der Waals surface area contributed by atoms with Gasteiger partial charge in [0.15, 0.2) is 0 Å². The molecule has 162 valence electrons. The van der Waals surface area contributed by atoms with E-state index in [1.165, 1.54) is 0 Å². The van der Waals surface area contributed by atoms with Gasteiger partial charge in [-0.2, -0.15) is 0 Å². The Hall–Kier alpha value is -3.93.